The van der Waals surface area contributed by atoms with Crippen molar-refractivity contribution in [3.8, 4) is 5.75 Å². The highest BCUT2D eigenvalue weighted by Crippen LogP contribution is 2.32. The molecule has 2 fully saturated rings. The number of aromatic nitrogens is 2. The number of hydrogen-bond donors (Lipinski definition) is 4. The number of benzene rings is 1. The molecule has 42 heavy (non-hydrogen) atoms. The smallest absolute Gasteiger partial charge is 0.172 e. The van der Waals surface area contributed by atoms with Gasteiger partial charge in [-0.2, -0.15) is 0 Å². The number of hydrogen-bond acceptors (Lipinski definition) is 10. The van der Waals surface area contributed by atoms with E-state index in [1.54, 1.807) is 0 Å². The van der Waals surface area contributed by atoms with Gasteiger partial charge < -0.3 is 30.9 Å². The summed E-state index contributed by atoms with van der Waals surface area (Å²) in [6.45, 7) is 11.6. The minimum absolute atomic E-state index is 0.0333. The zero-order chi connectivity index (χ0) is 30.2. The molecule has 232 valence electrons. The minimum atomic E-state index is -0.454. The van der Waals surface area contributed by atoms with Gasteiger partial charge in [0, 0.05) is 69.5 Å². The standard InChI is InChI=1S/C29H42Cl2FN7O3/c1-3-21-18-38(29-27(31)35-26(28(33)36-29)19(2)34-7-13-41)10-11-39(21)22-5-8-37(9-6-22)17-20-15-24(32)23(30)16-25(20)42-14-4-12-40/h15-16,21-22,34,40-41H,2-14,17-18H2,1H3,(H2,33,36)/t21-/m0/s1. The summed E-state index contributed by atoms with van der Waals surface area (Å²) in [6.07, 6.45) is 3.51. The van der Waals surface area contributed by atoms with Crippen molar-refractivity contribution >= 4 is 40.5 Å². The molecule has 0 radical (unpaired) electrons. The second-order valence-corrected chi connectivity index (χ2v) is 11.5. The fourth-order valence-corrected chi connectivity index (χ4v) is 6.16. The summed E-state index contributed by atoms with van der Waals surface area (Å²) < 4.78 is 20.1. The molecule has 2 aliphatic heterocycles. The van der Waals surface area contributed by atoms with Gasteiger partial charge in [0.15, 0.2) is 16.8 Å². The van der Waals surface area contributed by atoms with Gasteiger partial charge in [-0.15, -0.1) is 0 Å². The van der Waals surface area contributed by atoms with Crippen molar-refractivity contribution in [2.24, 2.45) is 0 Å². The first-order chi connectivity index (χ1) is 20.2. The van der Waals surface area contributed by atoms with Gasteiger partial charge in [-0.3, -0.25) is 9.80 Å². The van der Waals surface area contributed by atoms with Gasteiger partial charge in [0.05, 0.1) is 23.9 Å². The van der Waals surface area contributed by atoms with E-state index in [9.17, 15) is 4.39 Å². The van der Waals surface area contributed by atoms with Crippen LogP contribution in [0.15, 0.2) is 18.7 Å². The van der Waals surface area contributed by atoms with E-state index in [1.807, 2.05) is 0 Å². The number of piperazine rings is 1. The van der Waals surface area contributed by atoms with Crippen LogP contribution in [0.25, 0.3) is 5.70 Å². The van der Waals surface area contributed by atoms with Crippen LogP contribution in [0.5, 0.6) is 5.75 Å². The Morgan fingerprint density at radius 3 is 2.62 bits per heavy atom. The van der Waals surface area contributed by atoms with Crippen molar-refractivity contribution in [1.29, 1.82) is 0 Å². The number of nitrogens with one attached hydrogen (secondary N) is 1. The van der Waals surface area contributed by atoms with E-state index in [2.05, 4.69) is 43.5 Å². The molecule has 1 atom stereocenters. The van der Waals surface area contributed by atoms with E-state index in [1.165, 1.54) is 12.1 Å². The number of aliphatic hydroxyl groups is 2. The third kappa shape index (κ3) is 7.94. The van der Waals surface area contributed by atoms with Crippen LogP contribution in [0.2, 0.25) is 10.2 Å². The maximum Gasteiger partial charge on any atom is 0.172 e. The number of rotatable bonds is 13. The summed E-state index contributed by atoms with van der Waals surface area (Å²) in [5.74, 6) is 0.938. The number of likely N-dealkylation sites (tertiary alicyclic amines) is 1. The van der Waals surface area contributed by atoms with Crippen molar-refractivity contribution in [3.05, 3.63) is 46.0 Å². The van der Waals surface area contributed by atoms with Crippen LogP contribution in [-0.4, -0.2) is 101 Å². The number of nitrogens with two attached hydrogens (primary N) is 1. The first-order valence-electron chi connectivity index (χ1n) is 14.6. The van der Waals surface area contributed by atoms with Crippen LogP contribution < -0.4 is 20.7 Å². The number of halogens is 3. The Kier molecular flexibility index (Phi) is 11.9. The SMILES string of the molecule is C=C(NCCO)c1nc(Cl)c(N2CCN(C3CCN(Cc4cc(F)c(Cl)cc4OCCCO)CC3)[C@@H](CC)C2)nc1N. The van der Waals surface area contributed by atoms with Gasteiger partial charge in [-0.05, 0) is 38.4 Å². The van der Waals surface area contributed by atoms with E-state index in [0.717, 1.165) is 57.5 Å². The van der Waals surface area contributed by atoms with Crippen LogP contribution in [-0.2, 0) is 6.54 Å². The van der Waals surface area contributed by atoms with Gasteiger partial charge in [0.1, 0.15) is 17.3 Å². The Balaban J connectivity index is 1.36. The van der Waals surface area contributed by atoms with Gasteiger partial charge >= 0.3 is 0 Å². The first-order valence-corrected chi connectivity index (χ1v) is 15.3. The number of nitrogens with zero attached hydrogens (tertiary/aromatic N) is 5. The van der Waals surface area contributed by atoms with Crippen molar-refractivity contribution in [2.75, 3.05) is 69.7 Å². The van der Waals surface area contributed by atoms with E-state index in [-0.39, 0.29) is 29.2 Å². The Bertz CT molecular complexity index is 1220. The second-order valence-electron chi connectivity index (χ2n) is 10.8. The number of anilines is 2. The molecule has 0 spiro atoms. The molecule has 5 N–H and O–H groups in total. The molecular formula is C29H42Cl2FN7O3. The highest BCUT2D eigenvalue weighted by Gasteiger charge is 2.34. The lowest BCUT2D eigenvalue weighted by Gasteiger charge is -2.47. The van der Waals surface area contributed by atoms with Crippen LogP contribution >= 0.6 is 23.2 Å². The summed E-state index contributed by atoms with van der Waals surface area (Å²) in [4.78, 5) is 16.2. The molecule has 1 aromatic heterocycles. The number of ether oxygens (including phenoxy) is 1. The summed E-state index contributed by atoms with van der Waals surface area (Å²) >= 11 is 12.6. The van der Waals surface area contributed by atoms with Crippen molar-refractivity contribution in [3.63, 3.8) is 0 Å². The predicted octanol–water partition coefficient (Wildman–Crippen LogP) is 3.38. The Morgan fingerprint density at radius 1 is 1.17 bits per heavy atom. The lowest BCUT2D eigenvalue weighted by Crippen LogP contribution is -2.58. The normalized spacial score (nSPS) is 18.8. The fourth-order valence-electron chi connectivity index (χ4n) is 5.76. The van der Waals surface area contributed by atoms with E-state index >= 15 is 0 Å². The Hall–Kier alpha value is -2.41. The summed E-state index contributed by atoms with van der Waals surface area (Å²) in [7, 11) is 0. The van der Waals surface area contributed by atoms with Gasteiger partial charge in [-0.25, -0.2) is 14.4 Å². The molecule has 3 heterocycles. The van der Waals surface area contributed by atoms with Crippen LogP contribution in [0.3, 0.4) is 0 Å². The van der Waals surface area contributed by atoms with E-state index in [0.29, 0.717) is 61.2 Å². The van der Waals surface area contributed by atoms with Gasteiger partial charge in [0.25, 0.3) is 0 Å². The number of aliphatic hydroxyl groups excluding tert-OH is 2. The molecule has 0 unspecified atom stereocenters. The summed E-state index contributed by atoms with van der Waals surface area (Å²) in [6, 6.07) is 3.77. The molecular weight excluding hydrogens is 584 g/mol. The topological polar surface area (TPSA) is 123 Å². The molecule has 1 aromatic carbocycles. The van der Waals surface area contributed by atoms with Crippen molar-refractivity contribution < 1.29 is 19.3 Å². The minimum Gasteiger partial charge on any atom is -0.493 e. The third-order valence-corrected chi connectivity index (χ3v) is 8.53. The maximum absolute atomic E-state index is 14.3. The lowest BCUT2D eigenvalue weighted by molar-refractivity contribution is 0.0607. The third-order valence-electron chi connectivity index (χ3n) is 7.98. The molecule has 2 saturated heterocycles. The maximum atomic E-state index is 14.3. The zero-order valence-electron chi connectivity index (χ0n) is 24.2. The highest BCUT2D eigenvalue weighted by atomic mass is 35.5. The zero-order valence-corrected chi connectivity index (χ0v) is 25.7. The van der Waals surface area contributed by atoms with Crippen LogP contribution in [0.1, 0.15) is 43.9 Å². The van der Waals surface area contributed by atoms with E-state index < -0.39 is 5.82 Å². The van der Waals surface area contributed by atoms with Gasteiger partial charge in [-0.1, -0.05) is 36.7 Å². The molecule has 2 aliphatic rings. The highest BCUT2D eigenvalue weighted by molar-refractivity contribution is 6.32. The quantitative estimate of drug-likeness (QED) is 0.246. The first kappa shape index (κ1) is 32.5. The number of piperidine rings is 1. The van der Waals surface area contributed by atoms with Crippen molar-refractivity contribution in [2.45, 2.75) is 51.2 Å². The van der Waals surface area contributed by atoms with E-state index in [4.69, 9.17) is 43.9 Å². The molecule has 2 aromatic rings. The molecule has 0 aliphatic carbocycles. The Labute approximate surface area is 257 Å². The molecule has 0 amide bonds. The average molecular weight is 627 g/mol. The lowest BCUT2D eigenvalue weighted by atomic mass is 9.97. The molecule has 0 saturated carbocycles. The van der Waals surface area contributed by atoms with Crippen molar-refractivity contribution in [1.82, 2.24) is 25.1 Å². The molecule has 13 heteroatoms. The van der Waals surface area contributed by atoms with Gasteiger partial charge in [0.2, 0.25) is 0 Å². The van der Waals surface area contributed by atoms with Crippen LogP contribution in [0.4, 0.5) is 16.0 Å². The largest absolute Gasteiger partial charge is 0.493 e. The monoisotopic (exact) mass is 625 g/mol. The van der Waals surface area contributed by atoms with Crippen LogP contribution in [0, 0.1) is 5.82 Å². The Morgan fingerprint density at radius 2 is 1.93 bits per heavy atom. The second kappa shape index (κ2) is 15.4. The molecule has 4 rings (SSSR count). The molecule has 10 nitrogen and oxygen atoms in total. The fraction of sp³-hybridized carbons (Fsp3) is 0.586. The number of nitrogen functional groups attached to an aromatic ring is 1. The summed E-state index contributed by atoms with van der Waals surface area (Å²) in [5, 5.41) is 21.4. The molecule has 0 bridgehead atoms. The predicted molar refractivity (Wildman–Crippen MR) is 165 cm³/mol. The average Bonchev–Trinajstić information content (AvgIpc) is 2.99. The summed E-state index contributed by atoms with van der Waals surface area (Å²) in [5.41, 5.74) is 7.85.